The Morgan fingerprint density at radius 2 is 2.12 bits per heavy atom. The zero-order valence-electron chi connectivity index (χ0n) is 9.65. The number of hydrogen-bond donors (Lipinski definition) is 1. The third-order valence-electron chi connectivity index (χ3n) is 2.39. The Morgan fingerprint density at radius 3 is 2.65 bits per heavy atom. The number of rotatable bonds is 5. The van der Waals surface area contributed by atoms with Gasteiger partial charge >= 0.3 is 0 Å². The van der Waals surface area contributed by atoms with Gasteiger partial charge in [0.1, 0.15) is 0 Å². The molecule has 0 aliphatic rings. The Morgan fingerprint density at radius 1 is 1.47 bits per heavy atom. The van der Waals surface area contributed by atoms with Crippen LogP contribution in [0.5, 0.6) is 0 Å². The topological polar surface area (TPSA) is 46.3 Å². The molecule has 3 nitrogen and oxygen atoms in total. The van der Waals surface area contributed by atoms with E-state index in [-0.39, 0.29) is 5.91 Å². The molecule has 0 radical (unpaired) electrons. The van der Waals surface area contributed by atoms with Gasteiger partial charge in [0, 0.05) is 31.5 Å². The number of amides is 1. The van der Waals surface area contributed by atoms with Crippen LogP contribution in [0.1, 0.15) is 18.9 Å². The van der Waals surface area contributed by atoms with Crippen LogP contribution in [0, 0.1) is 0 Å². The van der Waals surface area contributed by atoms with Crippen molar-refractivity contribution >= 4 is 34.7 Å². The maximum Gasteiger partial charge on any atom is 0.219 e. The number of halogens is 1. The van der Waals surface area contributed by atoms with E-state index in [9.17, 15) is 4.79 Å². The summed E-state index contributed by atoms with van der Waals surface area (Å²) < 4.78 is 0. The van der Waals surface area contributed by atoms with Crippen LogP contribution < -0.4 is 5.73 Å². The first-order chi connectivity index (χ1) is 8.00. The van der Waals surface area contributed by atoms with Crippen molar-refractivity contribution in [2.24, 2.45) is 5.73 Å². The standard InChI is InChI=1S/C12H15ClN2OS/c1-9(16)15(7-6-12(14)17)8-10-4-2-3-5-11(10)13/h2-5H,6-8H2,1H3,(H2,14,17). The molecule has 0 heterocycles. The third kappa shape index (κ3) is 4.71. The molecule has 92 valence electrons. The molecule has 0 aliphatic heterocycles. The van der Waals surface area contributed by atoms with E-state index in [1.54, 1.807) is 4.90 Å². The van der Waals surface area contributed by atoms with Crippen molar-refractivity contribution in [3.8, 4) is 0 Å². The van der Waals surface area contributed by atoms with Crippen molar-refractivity contribution in [2.45, 2.75) is 19.9 Å². The molecule has 0 aromatic heterocycles. The van der Waals surface area contributed by atoms with Crippen LogP contribution in [0.4, 0.5) is 0 Å². The third-order valence-corrected chi connectivity index (χ3v) is 2.97. The molecule has 17 heavy (non-hydrogen) atoms. The molecule has 0 aliphatic carbocycles. The summed E-state index contributed by atoms with van der Waals surface area (Å²) >= 11 is 10.9. The minimum Gasteiger partial charge on any atom is -0.393 e. The van der Waals surface area contributed by atoms with Crippen LogP contribution in [0.25, 0.3) is 0 Å². The zero-order chi connectivity index (χ0) is 12.8. The molecule has 1 aromatic rings. The second kappa shape index (κ2) is 6.57. The Kier molecular flexibility index (Phi) is 5.38. The average molecular weight is 271 g/mol. The first-order valence-corrected chi connectivity index (χ1v) is 6.06. The normalized spacial score (nSPS) is 10.0. The highest BCUT2D eigenvalue weighted by molar-refractivity contribution is 7.80. The molecule has 1 rings (SSSR count). The summed E-state index contributed by atoms with van der Waals surface area (Å²) in [5.41, 5.74) is 6.36. The average Bonchev–Trinajstić information content (AvgIpc) is 2.25. The lowest BCUT2D eigenvalue weighted by atomic mass is 10.2. The molecule has 0 saturated carbocycles. The fourth-order valence-electron chi connectivity index (χ4n) is 1.43. The molecule has 1 aromatic carbocycles. The van der Waals surface area contributed by atoms with Crippen LogP contribution in [0.15, 0.2) is 24.3 Å². The number of thiocarbonyl (C=S) groups is 1. The number of nitrogens with two attached hydrogens (primary N) is 1. The largest absolute Gasteiger partial charge is 0.393 e. The van der Waals surface area contributed by atoms with Crippen molar-refractivity contribution in [1.29, 1.82) is 0 Å². The summed E-state index contributed by atoms with van der Waals surface area (Å²) in [4.78, 5) is 13.6. The predicted molar refractivity (Wildman–Crippen MR) is 73.9 cm³/mol. The van der Waals surface area contributed by atoms with E-state index in [1.807, 2.05) is 24.3 Å². The molecule has 0 saturated heterocycles. The van der Waals surface area contributed by atoms with E-state index in [0.717, 1.165) is 5.56 Å². The Hall–Kier alpha value is -1.13. The van der Waals surface area contributed by atoms with Gasteiger partial charge in [-0.25, -0.2) is 0 Å². The summed E-state index contributed by atoms with van der Waals surface area (Å²) in [5.74, 6) is -0.0128. The molecular weight excluding hydrogens is 256 g/mol. The minimum atomic E-state index is -0.0128. The first-order valence-electron chi connectivity index (χ1n) is 5.28. The maximum absolute atomic E-state index is 11.5. The highest BCUT2D eigenvalue weighted by Crippen LogP contribution is 2.17. The summed E-state index contributed by atoms with van der Waals surface area (Å²) in [6, 6.07) is 7.47. The Bertz CT molecular complexity index is 423. The molecule has 0 unspecified atom stereocenters. The number of carbonyl (C=O) groups is 1. The van der Waals surface area contributed by atoms with Gasteiger partial charge in [-0.05, 0) is 11.6 Å². The SMILES string of the molecule is CC(=O)N(CCC(N)=S)Cc1ccccc1Cl. The molecule has 5 heteroatoms. The van der Waals surface area contributed by atoms with Gasteiger partial charge in [0.25, 0.3) is 0 Å². The van der Waals surface area contributed by atoms with Gasteiger partial charge in [0.15, 0.2) is 0 Å². The molecule has 1 amide bonds. The van der Waals surface area contributed by atoms with E-state index < -0.39 is 0 Å². The number of benzene rings is 1. The van der Waals surface area contributed by atoms with Crippen LogP contribution in [-0.4, -0.2) is 22.3 Å². The quantitative estimate of drug-likeness (QED) is 0.836. The van der Waals surface area contributed by atoms with Crippen molar-refractivity contribution in [3.63, 3.8) is 0 Å². The van der Waals surface area contributed by atoms with Crippen molar-refractivity contribution in [2.75, 3.05) is 6.54 Å². The summed E-state index contributed by atoms with van der Waals surface area (Å²) in [6.07, 6.45) is 0.527. The van der Waals surface area contributed by atoms with Crippen LogP contribution in [0.3, 0.4) is 0 Å². The monoisotopic (exact) mass is 270 g/mol. The highest BCUT2D eigenvalue weighted by Gasteiger charge is 2.11. The molecule has 0 bridgehead atoms. The van der Waals surface area contributed by atoms with Crippen LogP contribution in [0.2, 0.25) is 5.02 Å². The van der Waals surface area contributed by atoms with Gasteiger partial charge in [-0.15, -0.1) is 0 Å². The van der Waals surface area contributed by atoms with Gasteiger partial charge in [-0.2, -0.15) is 0 Å². The fourth-order valence-corrected chi connectivity index (χ4v) is 1.71. The van der Waals surface area contributed by atoms with Crippen molar-refractivity contribution in [3.05, 3.63) is 34.9 Å². The minimum absolute atomic E-state index is 0.0128. The fraction of sp³-hybridized carbons (Fsp3) is 0.333. The highest BCUT2D eigenvalue weighted by atomic mass is 35.5. The summed E-state index contributed by atoms with van der Waals surface area (Å²) in [5, 5.41) is 0.661. The van der Waals surface area contributed by atoms with Gasteiger partial charge in [0.05, 0.1) is 4.99 Å². The predicted octanol–water partition coefficient (Wildman–Crippen LogP) is 2.36. The second-order valence-electron chi connectivity index (χ2n) is 3.75. The lowest BCUT2D eigenvalue weighted by Gasteiger charge is -2.21. The maximum atomic E-state index is 11.5. The lowest BCUT2D eigenvalue weighted by molar-refractivity contribution is -0.129. The van der Waals surface area contributed by atoms with Gasteiger partial charge in [-0.3, -0.25) is 4.79 Å². The van der Waals surface area contributed by atoms with Crippen LogP contribution in [-0.2, 0) is 11.3 Å². The van der Waals surface area contributed by atoms with E-state index >= 15 is 0 Å². The van der Waals surface area contributed by atoms with Crippen LogP contribution >= 0.6 is 23.8 Å². The Balaban J connectivity index is 2.70. The smallest absolute Gasteiger partial charge is 0.219 e. The second-order valence-corrected chi connectivity index (χ2v) is 4.68. The molecule has 0 spiro atoms. The lowest BCUT2D eigenvalue weighted by Crippen LogP contribution is -2.31. The molecule has 0 atom stereocenters. The molecule has 0 fully saturated rings. The van der Waals surface area contributed by atoms with Gasteiger partial charge in [0.2, 0.25) is 5.91 Å². The Labute approximate surface area is 112 Å². The van der Waals surface area contributed by atoms with E-state index in [0.29, 0.717) is 29.5 Å². The number of nitrogens with zero attached hydrogens (tertiary/aromatic N) is 1. The molecule has 2 N–H and O–H groups in total. The summed E-state index contributed by atoms with van der Waals surface area (Å²) in [6.45, 7) is 2.53. The van der Waals surface area contributed by atoms with E-state index in [1.165, 1.54) is 6.92 Å². The first kappa shape index (κ1) is 13.9. The number of hydrogen-bond acceptors (Lipinski definition) is 2. The number of carbonyl (C=O) groups excluding carboxylic acids is 1. The van der Waals surface area contributed by atoms with E-state index in [2.05, 4.69) is 0 Å². The zero-order valence-corrected chi connectivity index (χ0v) is 11.2. The summed E-state index contributed by atoms with van der Waals surface area (Å²) in [7, 11) is 0. The van der Waals surface area contributed by atoms with Gasteiger partial charge in [-0.1, -0.05) is 42.0 Å². The van der Waals surface area contributed by atoms with Crippen molar-refractivity contribution < 1.29 is 4.79 Å². The van der Waals surface area contributed by atoms with E-state index in [4.69, 9.17) is 29.6 Å². The molecular formula is C12H15ClN2OS. The van der Waals surface area contributed by atoms with Gasteiger partial charge < -0.3 is 10.6 Å². The van der Waals surface area contributed by atoms with Crippen molar-refractivity contribution in [1.82, 2.24) is 4.90 Å².